The molecule has 2 rings (SSSR count). The highest BCUT2D eigenvalue weighted by molar-refractivity contribution is 6.32. The SMILES string of the molecule is COc1ccc(NCc2ccc(Cl)cc2)cc1Cl. The minimum atomic E-state index is 0.596. The lowest BCUT2D eigenvalue weighted by atomic mass is 10.2. The van der Waals surface area contributed by atoms with Crippen molar-refractivity contribution in [3.05, 3.63) is 58.1 Å². The van der Waals surface area contributed by atoms with Gasteiger partial charge in [0.15, 0.2) is 0 Å². The zero-order valence-electron chi connectivity index (χ0n) is 9.91. The summed E-state index contributed by atoms with van der Waals surface area (Å²) in [4.78, 5) is 0. The number of nitrogens with one attached hydrogen (secondary N) is 1. The minimum Gasteiger partial charge on any atom is -0.495 e. The van der Waals surface area contributed by atoms with Gasteiger partial charge in [-0.2, -0.15) is 0 Å². The van der Waals surface area contributed by atoms with Gasteiger partial charge in [-0.3, -0.25) is 0 Å². The van der Waals surface area contributed by atoms with Crippen molar-refractivity contribution in [2.45, 2.75) is 6.54 Å². The predicted octanol–water partition coefficient (Wildman–Crippen LogP) is 4.61. The maximum Gasteiger partial charge on any atom is 0.137 e. The van der Waals surface area contributed by atoms with Gasteiger partial charge >= 0.3 is 0 Å². The van der Waals surface area contributed by atoms with E-state index < -0.39 is 0 Å². The van der Waals surface area contributed by atoms with Crippen LogP contribution in [0.1, 0.15) is 5.56 Å². The number of ether oxygens (including phenoxy) is 1. The van der Waals surface area contributed by atoms with Crippen LogP contribution >= 0.6 is 23.2 Å². The van der Waals surface area contributed by atoms with Gasteiger partial charge in [-0.05, 0) is 35.9 Å². The zero-order chi connectivity index (χ0) is 13.0. The van der Waals surface area contributed by atoms with E-state index in [1.54, 1.807) is 7.11 Å². The zero-order valence-corrected chi connectivity index (χ0v) is 11.4. The average Bonchev–Trinajstić information content (AvgIpc) is 2.38. The van der Waals surface area contributed by atoms with Crippen molar-refractivity contribution in [2.75, 3.05) is 12.4 Å². The Morgan fingerprint density at radius 3 is 2.39 bits per heavy atom. The number of hydrogen-bond donors (Lipinski definition) is 1. The van der Waals surface area contributed by atoms with E-state index >= 15 is 0 Å². The van der Waals surface area contributed by atoms with Gasteiger partial charge in [-0.15, -0.1) is 0 Å². The Morgan fingerprint density at radius 2 is 1.78 bits per heavy atom. The number of methoxy groups -OCH3 is 1. The van der Waals surface area contributed by atoms with Crippen LogP contribution in [-0.4, -0.2) is 7.11 Å². The van der Waals surface area contributed by atoms with Gasteiger partial charge in [0, 0.05) is 17.3 Å². The van der Waals surface area contributed by atoms with E-state index in [-0.39, 0.29) is 0 Å². The standard InChI is InChI=1S/C14H13Cl2NO/c1-18-14-7-6-12(8-13(14)16)17-9-10-2-4-11(15)5-3-10/h2-8,17H,9H2,1H3. The van der Waals surface area contributed by atoms with Gasteiger partial charge in [0.2, 0.25) is 0 Å². The molecule has 0 fully saturated rings. The molecule has 1 N–H and O–H groups in total. The van der Waals surface area contributed by atoms with Crippen LogP contribution in [0.25, 0.3) is 0 Å². The van der Waals surface area contributed by atoms with E-state index in [0.29, 0.717) is 10.8 Å². The van der Waals surface area contributed by atoms with Crippen LogP contribution in [0.5, 0.6) is 5.75 Å². The highest BCUT2D eigenvalue weighted by atomic mass is 35.5. The number of rotatable bonds is 4. The largest absolute Gasteiger partial charge is 0.495 e. The van der Waals surface area contributed by atoms with Crippen molar-refractivity contribution in [3.8, 4) is 5.75 Å². The molecule has 0 spiro atoms. The Bertz CT molecular complexity index is 526. The van der Waals surface area contributed by atoms with Gasteiger partial charge in [-0.1, -0.05) is 35.3 Å². The van der Waals surface area contributed by atoms with Crippen molar-refractivity contribution < 1.29 is 4.74 Å². The van der Waals surface area contributed by atoms with Crippen LogP contribution in [-0.2, 0) is 6.54 Å². The quantitative estimate of drug-likeness (QED) is 0.883. The van der Waals surface area contributed by atoms with E-state index in [0.717, 1.165) is 22.8 Å². The Labute approximate surface area is 116 Å². The van der Waals surface area contributed by atoms with Crippen LogP contribution in [0.4, 0.5) is 5.69 Å². The molecule has 18 heavy (non-hydrogen) atoms. The van der Waals surface area contributed by atoms with E-state index in [1.165, 1.54) is 0 Å². The molecule has 2 nitrogen and oxygen atoms in total. The van der Waals surface area contributed by atoms with Gasteiger partial charge in [0.25, 0.3) is 0 Å². The Kier molecular flexibility index (Phi) is 4.34. The molecule has 0 saturated carbocycles. The molecule has 4 heteroatoms. The highest BCUT2D eigenvalue weighted by Gasteiger charge is 2.01. The molecule has 2 aromatic rings. The molecule has 0 bridgehead atoms. The van der Waals surface area contributed by atoms with Crippen molar-refractivity contribution in [3.63, 3.8) is 0 Å². The molecule has 0 aliphatic heterocycles. The molecule has 0 aromatic heterocycles. The molecular formula is C14H13Cl2NO. The van der Waals surface area contributed by atoms with Crippen LogP contribution in [0.3, 0.4) is 0 Å². The highest BCUT2D eigenvalue weighted by Crippen LogP contribution is 2.27. The van der Waals surface area contributed by atoms with Gasteiger partial charge in [0.1, 0.15) is 5.75 Å². The molecule has 0 heterocycles. The van der Waals surface area contributed by atoms with E-state index in [4.69, 9.17) is 27.9 Å². The molecule has 2 aromatic carbocycles. The fourth-order valence-electron chi connectivity index (χ4n) is 1.58. The summed E-state index contributed by atoms with van der Waals surface area (Å²) in [5, 5.41) is 4.63. The number of benzene rings is 2. The first kappa shape index (κ1) is 13.1. The van der Waals surface area contributed by atoms with Gasteiger partial charge in [-0.25, -0.2) is 0 Å². The first-order chi connectivity index (χ1) is 8.69. The van der Waals surface area contributed by atoms with Crippen molar-refractivity contribution >= 4 is 28.9 Å². The predicted molar refractivity (Wildman–Crippen MR) is 76.8 cm³/mol. The normalized spacial score (nSPS) is 10.2. The summed E-state index contributed by atoms with van der Waals surface area (Å²) in [6.45, 7) is 0.722. The Morgan fingerprint density at radius 1 is 1.06 bits per heavy atom. The number of hydrogen-bond acceptors (Lipinski definition) is 2. The molecule has 0 unspecified atom stereocenters. The average molecular weight is 282 g/mol. The molecule has 0 aliphatic carbocycles. The summed E-state index contributed by atoms with van der Waals surface area (Å²) in [5.41, 5.74) is 2.11. The first-order valence-electron chi connectivity index (χ1n) is 5.51. The summed E-state index contributed by atoms with van der Waals surface area (Å²) in [6, 6.07) is 13.3. The maximum absolute atomic E-state index is 6.05. The lowest BCUT2D eigenvalue weighted by Crippen LogP contribution is -1.99. The second-order valence-corrected chi connectivity index (χ2v) is 4.67. The second kappa shape index (κ2) is 5.98. The lowest BCUT2D eigenvalue weighted by Gasteiger charge is -2.09. The maximum atomic E-state index is 6.05. The van der Waals surface area contributed by atoms with E-state index in [1.807, 2.05) is 42.5 Å². The molecule has 0 amide bonds. The van der Waals surface area contributed by atoms with Crippen molar-refractivity contribution in [1.82, 2.24) is 0 Å². The molecule has 0 atom stereocenters. The number of anilines is 1. The van der Waals surface area contributed by atoms with Crippen LogP contribution in [0.2, 0.25) is 10.0 Å². The van der Waals surface area contributed by atoms with E-state index in [2.05, 4.69) is 5.32 Å². The summed E-state index contributed by atoms with van der Waals surface area (Å²) >= 11 is 11.9. The van der Waals surface area contributed by atoms with Crippen molar-refractivity contribution in [2.24, 2.45) is 0 Å². The van der Waals surface area contributed by atoms with Crippen molar-refractivity contribution in [1.29, 1.82) is 0 Å². The Balaban J connectivity index is 2.02. The third-order valence-corrected chi connectivity index (χ3v) is 3.11. The van der Waals surface area contributed by atoms with Crippen LogP contribution in [0, 0.1) is 0 Å². The minimum absolute atomic E-state index is 0.596. The third kappa shape index (κ3) is 3.31. The third-order valence-electron chi connectivity index (χ3n) is 2.56. The summed E-state index contributed by atoms with van der Waals surface area (Å²) in [6.07, 6.45) is 0. The fourth-order valence-corrected chi connectivity index (χ4v) is 1.97. The van der Waals surface area contributed by atoms with Gasteiger partial charge in [0.05, 0.1) is 12.1 Å². The Hall–Kier alpha value is -1.38. The smallest absolute Gasteiger partial charge is 0.137 e. The summed E-state index contributed by atoms with van der Waals surface area (Å²) in [5.74, 6) is 0.675. The second-order valence-electron chi connectivity index (χ2n) is 3.83. The van der Waals surface area contributed by atoms with Crippen LogP contribution in [0.15, 0.2) is 42.5 Å². The summed E-state index contributed by atoms with van der Waals surface area (Å²) < 4.78 is 5.10. The van der Waals surface area contributed by atoms with E-state index in [9.17, 15) is 0 Å². The molecule has 0 radical (unpaired) electrons. The fraction of sp³-hybridized carbons (Fsp3) is 0.143. The molecular weight excluding hydrogens is 269 g/mol. The topological polar surface area (TPSA) is 21.3 Å². The first-order valence-corrected chi connectivity index (χ1v) is 6.26. The number of halogens is 2. The van der Waals surface area contributed by atoms with Crippen LogP contribution < -0.4 is 10.1 Å². The summed E-state index contributed by atoms with van der Waals surface area (Å²) in [7, 11) is 1.60. The lowest BCUT2D eigenvalue weighted by molar-refractivity contribution is 0.415. The van der Waals surface area contributed by atoms with Gasteiger partial charge < -0.3 is 10.1 Å². The molecule has 0 saturated heterocycles. The molecule has 94 valence electrons. The monoisotopic (exact) mass is 281 g/mol. The molecule has 0 aliphatic rings.